The summed E-state index contributed by atoms with van der Waals surface area (Å²) in [6.07, 6.45) is 0. The van der Waals surface area contributed by atoms with Crippen molar-refractivity contribution in [3.8, 4) is 23.3 Å². The number of methoxy groups -OCH3 is 1. The molecule has 0 aliphatic rings. The van der Waals surface area contributed by atoms with Gasteiger partial charge in [0.15, 0.2) is 0 Å². The maximum Gasteiger partial charge on any atom is 0.318 e. The molecule has 0 spiro atoms. The van der Waals surface area contributed by atoms with Gasteiger partial charge in [0.1, 0.15) is 17.5 Å². The van der Waals surface area contributed by atoms with Gasteiger partial charge < -0.3 is 10.5 Å². The molecule has 0 saturated heterocycles. The van der Waals surface area contributed by atoms with Crippen molar-refractivity contribution in [3.05, 3.63) is 34.9 Å². The van der Waals surface area contributed by atoms with Crippen LogP contribution in [-0.4, -0.2) is 17.1 Å². The Morgan fingerprint density at radius 2 is 2.17 bits per heavy atom. The van der Waals surface area contributed by atoms with Crippen LogP contribution >= 0.6 is 11.6 Å². The molecule has 0 unspecified atom stereocenters. The Kier molecular flexibility index (Phi) is 3.31. The molecule has 1 aromatic carbocycles. The third-order valence-corrected chi connectivity index (χ3v) is 2.54. The fourth-order valence-corrected chi connectivity index (χ4v) is 1.69. The summed E-state index contributed by atoms with van der Waals surface area (Å²) in [5.41, 5.74) is 7.00. The standard InChI is InChI=1S/C12H9ClN4O/c1-18-12-16-10(9(6-14)11(15)17-12)7-3-2-4-8(13)5-7/h2-5H,1H3,(H2,15,16,17). The summed E-state index contributed by atoms with van der Waals surface area (Å²) in [5, 5.41) is 9.66. The lowest BCUT2D eigenvalue weighted by Crippen LogP contribution is -2.03. The van der Waals surface area contributed by atoms with Crippen LogP contribution in [0.15, 0.2) is 24.3 Å². The van der Waals surface area contributed by atoms with Crippen LogP contribution in [0.4, 0.5) is 5.82 Å². The lowest BCUT2D eigenvalue weighted by atomic mass is 10.1. The van der Waals surface area contributed by atoms with E-state index in [4.69, 9.17) is 27.3 Å². The number of nitrogen functional groups attached to an aromatic ring is 1. The molecule has 0 radical (unpaired) electrons. The van der Waals surface area contributed by atoms with Gasteiger partial charge in [0, 0.05) is 10.6 Å². The van der Waals surface area contributed by atoms with Crippen LogP contribution in [0.3, 0.4) is 0 Å². The number of hydrogen-bond acceptors (Lipinski definition) is 5. The Morgan fingerprint density at radius 1 is 1.39 bits per heavy atom. The number of halogens is 1. The van der Waals surface area contributed by atoms with E-state index in [1.807, 2.05) is 6.07 Å². The molecular formula is C12H9ClN4O. The lowest BCUT2D eigenvalue weighted by molar-refractivity contribution is 0.381. The average Bonchev–Trinajstić information content (AvgIpc) is 2.37. The molecule has 0 saturated carbocycles. The molecule has 0 bridgehead atoms. The number of nitrogens with zero attached hydrogens (tertiary/aromatic N) is 3. The molecule has 6 heteroatoms. The SMILES string of the molecule is COc1nc(N)c(C#N)c(-c2cccc(Cl)c2)n1. The van der Waals surface area contributed by atoms with Crippen LogP contribution in [0.5, 0.6) is 6.01 Å². The number of ether oxygens (including phenoxy) is 1. The predicted octanol–water partition coefficient (Wildman–Crippen LogP) is 2.26. The number of hydrogen-bond donors (Lipinski definition) is 1. The molecule has 2 N–H and O–H groups in total. The van der Waals surface area contributed by atoms with Crippen LogP contribution < -0.4 is 10.5 Å². The molecule has 0 amide bonds. The van der Waals surface area contributed by atoms with Gasteiger partial charge in [-0.25, -0.2) is 0 Å². The highest BCUT2D eigenvalue weighted by Crippen LogP contribution is 2.28. The maximum absolute atomic E-state index is 9.11. The fourth-order valence-electron chi connectivity index (χ4n) is 1.50. The van der Waals surface area contributed by atoms with Gasteiger partial charge >= 0.3 is 6.01 Å². The van der Waals surface area contributed by atoms with Gasteiger partial charge in [-0.15, -0.1) is 0 Å². The molecule has 18 heavy (non-hydrogen) atoms. The van der Waals surface area contributed by atoms with Gasteiger partial charge in [-0.3, -0.25) is 0 Å². The Hall–Kier alpha value is -2.32. The zero-order valence-corrected chi connectivity index (χ0v) is 10.3. The highest BCUT2D eigenvalue weighted by Gasteiger charge is 2.14. The largest absolute Gasteiger partial charge is 0.467 e. The van der Waals surface area contributed by atoms with Crippen molar-refractivity contribution in [1.82, 2.24) is 9.97 Å². The second-order valence-corrected chi connectivity index (χ2v) is 3.88. The molecule has 0 fully saturated rings. The van der Waals surface area contributed by atoms with Crippen LogP contribution in [0.1, 0.15) is 5.56 Å². The van der Waals surface area contributed by atoms with Crippen LogP contribution in [0.25, 0.3) is 11.3 Å². The van der Waals surface area contributed by atoms with E-state index in [1.165, 1.54) is 7.11 Å². The van der Waals surface area contributed by atoms with E-state index < -0.39 is 0 Å². The van der Waals surface area contributed by atoms with Crippen molar-refractivity contribution in [2.24, 2.45) is 0 Å². The Morgan fingerprint density at radius 3 is 2.78 bits per heavy atom. The number of nitriles is 1. The number of rotatable bonds is 2. The normalized spacial score (nSPS) is 9.83. The van der Waals surface area contributed by atoms with E-state index in [2.05, 4.69) is 9.97 Å². The topological polar surface area (TPSA) is 84.8 Å². The zero-order valence-electron chi connectivity index (χ0n) is 9.51. The van der Waals surface area contributed by atoms with Crippen molar-refractivity contribution in [2.75, 3.05) is 12.8 Å². The minimum absolute atomic E-state index is 0.0827. The summed E-state index contributed by atoms with van der Waals surface area (Å²) in [7, 11) is 1.43. The number of aromatic nitrogens is 2. The van der Waals surface area contributed by atoms with Gasteiger partial charge in [0.25, 0.3) is 0 Å². The van der Waals surface area contributed by atoms with Crippen LogP contribution in [0.2, 0.25) is 5.02 Å². The minimum atomic E-state index is 0.0827. The highest BCUT2D eigenvalue weighted by molar-refractivity contribution is 6.30. The lowest BCUT2D eigenvalue weighted by Gasteiger charge is -2.07. The zero-order chi connectivity index (χ0) is 13.1. The minimum Gasteiger partial charge on any atom is -0.467 e. The van der Waals surface area contributed by atoms with Crippen LogP contribution in [-0.2, 0) is 0 Å². The molecule has 2 aromatic rings. The first-order chi connectivity index (χ1) is 8.65. The van der Waals surface area contributed by atoms with Crippen molar-refractivity contribution in [2.45, 2.75) is 0 Å². The van der Waals surface area contributed by atoms with E-state index >= 15 is 0 Å². The third-order valence-electron chi connectivity index (χ3n) is 2.31. The van der Waals surface area contributed by atoms with Gasteiger partial charge in [-0.05, 0) is 12.1 Å². The quantitative estimate of drug-likeness (QED) is 0.895. The van der Waals surface area contributed by atoms with Gasteiger partial charge in [-0.1, -0.05) is 23.7 Å². The molecule has 5 nitrogen and oxygen atoms in total. The molecule has 0 atom stereocenters. The second kappa shape index (κ2) is 4.90. The van der Waals surface area contributed by atoms with Crippen LogP contribution in [0, 0.1) is 11.3 Å². The van der Waals surface area contributed by atoms with E-state index in [0.29, 0.717) is 16.3 Å². The Balaban J connectivity index is 2.69. The molecule has 1 heterocycles. The summed E-state index contributed by atoms with van der Waals surface area (Å²) >= 11 is 5.91. The maximum atomic E-state index is 9.11. The van der Waals surface area contributed by atoms with Gasteiger partial charge in [-0.2, -0.15) is 15.2 Å². The molecule has 1 aromatic heterocycles. The van der Waals surface area contributed by atoms with E-state index in [1.54, 1.807) is 24.3 Å². The van der Waals surface area contributed by atoms with E-state index in [0.717, 1.165) is 0 Å². The van der Waals surface area contributed by atoms with Gasteiger partial charge in [0.05, 0.1) is 12.8 Å². The number of benzene rings is 1. The molecule has 0 aliphatic carbocycles. The Labute approximate surface area is 109 Å². The number of nitrogens with two attached hydrogens (primary N) is 1. The summed E-state index contributed by atoms with van der Waals surface area (Å²) < 4.78 is 4.94. The third kappa shape index (κ3) is 2.19. The first-order valence-electron chi connectivity index (χ1n) is 5.03. The summed E-state index contributed by atoms with van der Waals surface area (Å²) in [5.74, 6) is 0.0827. The Bertz CT molecular complexity index is 636. The van der Waals surface area contributed by atoms with E-state index in [9.17, 15) is 0 Å². The first-order valence-corrected chi connectivity index (χ1v) is 5.41. The highest BCUT2D eigenvalue weighted by atomic mass is 35.5. The smallest absolute Gasteiger partial charge is 0.318 e. The molecule has 0 aliphatic heterocycles. The predicted molar refractivity (Wildman–Crippen MR) is 68.2 cm³/mol. The summed E-state index contributed by atoms with van der Waals surface area (Å²) in [4.78, 5) is 8.00. The molecular weight excluding hydrogens is 252 g/mol. The molecule has 90 valence electrons. The summed E-state index contributed by atoms with van der Waals surface area (Å²) in [6, 6.07) is 9.08. The second-order valence-electron chi connectivity index (χ2n) is 3.44. The first kappa shape index (κ1) is 12.1. The van der Waals surface area contributed by atoms with Crippen molar-refractivity contribution >= 4 is 17.4 Å². The summed E-state index contributed by atoms with van der Waals surface area (Å²) in [6.45, 7) is 0. The monoisotopic (exact) mass is 260 g/mol. The van der Waals surface area contributed by atoms with E-state index in [-0.39, 0.29) is 17.4 Å². The number of anilines is 1. The molecule has 2 rings (SSSR count). The average molecular weight is 261 g/mol. The van der Waals surface area contributed by atoms with Crippen molar-refractivity contribution in [1.29, 1.82) is 5.26 Å². The van der Waals surface area contributed by atoms with Crippen molar-refractivity contribution in [3.63, 3.8) is 0 Å². The van der Waals surface area contributed by atoms with Gasteiger partial charge in [0.2, 0.25) is 0 Å². The fraction of sp³-hybridized carbons (Fsp3) is 0.0833. The van der Waals surface area contributed by atoms with Crippen molar-refractivity contribution < 1.29 is 4.74 Å².